The van der Waals surface area contributed by atoms with Crippen molar-refractivity contribution >= 4 is 32.7 Å². The average Bonchev–Trinajstić information content (AvgIpc) is 2.74. The molecule has 0 saturated heterocycles. The molecule has 1 aromatic heterocycles. The van der Waals surface area contributed by atoms with Gasteiger partial charge in [-0.2, -0.15) is 0 Å². The highest BCUT2D eigenvalue weighted by atomic mass is 79.9. The van der Waals surface area contributed by atoms with Crippen LogP contribution >= 0.6 is 15.9 Å². The molecule has 0 radical (unpaired) electrons. The molecule has 2 rings (SSSR count). The van der Waals surface area contributed by atoms with Crippen LogP contribution in [-0.4, -0.2) is 28.1 Å². The molecule has 0 aliphatic heterocycles. The summed E-state index contributed by atoms with van der Waals surface area (Å²) in [6.45, 7) is 3.44. The second kappa shape index (κ2) is 4.74. The van der Waals surface area contributed by atoms with Crippen LogP contribution in [0.1, 0.15) is 24.2 Å². The monoisotopic (exact) mass is 310 g/mol. The van der Waals surface area contributed by atoms with Gasteiger partial charge in [-0.25, -0.2) is 0 Å². The summed E-state index contributed by atoms with van der Waals surface area (Å²) in [6.07, 6.45) is 1.68. The number of hydrogen-bond donors (Lipinski definition) is 3. The molecule has 0 aliphatic carbocycles. The molecule has 1 amide bonds. The van der Waals surface area contributed by atoms with Crippen LogP contribution in [0.15, 0.2) is 28.9 Å². The lowest BCUT2D eigenvalue weighted by Gasteiger charge is -2.23. The normalized spacial score (nSPS) is 11.8. The SMILES string of the molecule is CC(C)(CO)NC(=O)c1c[nH]c2cccc(Br)c12. The zero-order valence-corrected chi connectivity index (χ0v) is 11.8. The van der Waals surface area contributed by atoms with Crippen molar-refractivity contribution in [1.82, 2.24) is 10.3 Å². The Bertz CT molecular complexity index is 590. The molecule has 0 bridgehead atoms. The first-order valence-corrected chi connectivity index (χ1v) is 6.43. The zero-order valence-electron chi connectivity index (χ0n) is 10.2. The van der Waals surface area contributed by atoms with Gasteiger partial charge in [0, 0.05) is 21.6 Å². The number of hydrogen-bond acceptors (Lipinski definition) is 2. The highest BCUT2D eigenvalue weighted by Gasteiger charge is 2.22. The van der Waals surface area contributed by atoms with E-state index < -0.39 is 5.54 Å². The second-order valence-electron chi connectivity index (χ2n) is 4.86. The van der Waals surface area contributed by atoms with Gasteiger partial charge in [0.15, 0.2) is 0 Å². The van der Waals surface area contributed by atoms with E-state index in [1.807, 2.05) is 18.2 Å². The number of rotatable bonds is 3. The van der Waals surface area contributed by atoms with E-state index in [1.54, 1.807) is 20.0 Å². The number of nitrogens with one attached hydrogen (secondary N) is 2. The molecule has 4 nitrogen and oxygen atoms in total. The van der Waals surface area contributed by atoms with Gasteiger partial charge >= 0.3 is 0 Å². The van der Waals surface area contributed by atoms with Crippen molar-refractivity contribution in [3.8, 4) is 0 Å². The quantitative estimate of drug-likeness (QED) is 0.815. The summed E-state index contributed by atoms with van der Waals surface area (Å²) in [5.74, 6) is -0.202. The Hall–Kier alpha value is -1.33. The van der Waals surface area contributed by atoms with Crippen molar-refractivity contribution in [2.24, 2.45) is 0 Å². The summed E-state index contributed by atoms with van der Waals surface area (Å²) < 4.78 is 0.869. The van der Waals surface area contributed by atoms with Gasteiger partial charge in [-0.15, -0.1) is 0 Å². The van der Waals surface area contributed by atoms with Crippen LogP contribution in [0.2, 0.25) is 0 Å². The topological polar surface area (TPSA) is 65.1 Å². The standard InChI is InChI=1S/C13H15BrN2O2/c1-13(2,7-17)16-12(18)8-6-15-10-5-3-4-9(14)11(8)10/h3-6,15,17H,7H2,1-2H3,(H,16,18). The third kappa shape index (κ3) is 2.42. The molecule has 1 heterocycles. The van der Waals surface area contributed by atoms with Crippen LogP contribution in [0.3, 0.4) is 0 Å². The molecule has 0 atom stereocenters. The highest BCUT2D eigenvalue weighted by Crippen LogP contribution is 2.27. The van der Waals surface area contributed by atoms with E-state index in [0.717, 1.165) is 15.4 Å². The zero-order chi connectivity index (χ0) is 13.3. The summed E-state index contributed by atoms with van der Waals surface area (Å²) in [7, 11) is 0. The van der Waals surface area contributed by atoms with Crippen molar-refractivity contribution in [3.05, 3.63) is 34.4 Å². The smallest absolute Gasteiger partial charge is 0.253 e. The lowest BCUT2D eigenvalue weighted by molar-refractivity contribution is 0.0871. The molecule has 3 N–H and O–H groups in total. The van der Waals surface area contributed by atoms with Crippen molar-refractivity contribution in [3.63, 3.8) is 0 Å². The second-order valence-corrected chi connectivity index (χ2v) is 5.72. The molecule has 0 aliphatic rings. The molecule has 0 fully saturated rings. The maximum absolute atomic E-state index is 12.2. The Morgan fingerprint density at radius 1 is 1.50 bits per heavy atom. The van der Waals surface area contributed by atoms with Crippen molar-refractivity contribution in [1.29, 1.82) is 0 Å². The number of aromatic nitrogens is 1. The Labute approximate surface area is 114 Å². The Kier molecular flexibility index (Phi) is 3.45. The lowest BCUT2D eigenvalue weighted by Crippen LogP contribution is -2.46. The minimum Gasteiger partial charge on any atom is -0.394 e. The fraction of sp³-hybridized carbons (Fsp3) is 0.308. The number of aliphatic hydroxyl groups is 1. The third-order valence-corrected chi connectivity index (χ3v) is 3.41. The first-order chi connectivity index (χ1) is 8.44. The Morgan fingerprint density at radius 2 is 2.22 bits per heavy atom. The van der Waals surface area contributed by atoms with Crippen LogP contribution in [0.5, 0.6) is 0 Å². The van der Waals surface area contributed by atoms with Crippen LogP contribution in [0.4, 0.5) is 0 Å². The van der Waals surface area contributed by atoms with Gasteiger partial charge in [-0.3, -0.25) is 4.79 Å². The molecule has 0 unspecified atom stereocenters. The fourth-order valence-electron chi connectivity index (χ4n) is 1.73. The molecular weight excluding hydrogens is 296 g/mol. The van der Waals surface area contributed by atoms with Crippen molar-refractivity contribution in [2.75, 3.05) is 6.61 Å². The minimum absolute atomic E-state index is 0.109. The number of aliphatic hydroxyl groups excluding tert-OH is 1. The summed E-state index contributed by atoms with van der Waals surface area (Å²) >= 11 is 3.44. The summed E-state index contributed by atoms with van der Waals surface area (Å²) in [5, 5.41) is 12.8. The van der Waals surface area contributed by atoms with E-state index in [-0.39, 0.29) is 12.5 Å². The summed E-state index contributed by atoms with van der Waals surface area (Å²) in [5.41, 5.74) is 0.831. The number of fused-ring (bicyclic) bond motifs is 1. The largest absolute Gasteiger partial charge is 0.394 e. The Balaban J connectivity index is 2.40. The summed E-state index contributed by atoms with van der Waals surface area (Å²) in [4.78, 5) is 15.2. The van der Waals surface area contributed by atoms with Gasteiger partial charge in [-0.1, -0.05) is 22.0 Å². The number of amides is 1. The highest BCUT2D eigenvalue weighted by molar-refractivity contribution is 9.10. The van der Waals surface area contributed by atoms with Crippen LogP contribution in [0, 0.1) is 0 Å². The first-order valence-electron chi connectivity index (χ1n) is 5.63. The molecule has 0 saturated carbocycles. The van der Waals surface area contributed by atoms with Gasteiger partial charge in [0.2, 0.25) is 0 Å². The summed E-state index contributed by atoms with van der Waals surface area (Å²) in [6, 6.07) is 5.71. The number of benzene rings is 1. The van der Waals surface area contributed by atoms with Crippen LogP contribution < -0.4 is 5.32 Å². The van der Waals surface area contributed by atoms with E-state index in [2.05, 4.69) is 26.2 Å². The number of aromatic amines is 1. The predicted octanol–water partition coefficient (Wildman–Crippen LogP) is 2.43. The fourth-order valence-corrected chi connectivity index (χ4v) is 2.31. The minimum atomic E-state index is -0.637. The lowest BCUT2D eigenvalue weighted by atomic mass is 10.1. The first kappa shape index (κ1) is 13.1. The number of carbonyl (C=O) groups excluding carboxylic acids is 1. The van der Waals surface area contributed by atoms with Crippen molar-refractivity contribution < 1.29 is 9.90 Å². The van der Waals surface area contributed by atoms with E-state index in [4.69, 9.17) is 0 Å². The third-order valence-electron chi connectivity index (χ3n) is 2.75. The van der Waals surface area contributed by atoms with Gasteiger partial charge in [-0.05, 0) is 26.0 Å². The predicted molar refractivity (Wildman–Crippen MR) is 74.6 cm³/mol. The van der Waals surface area contributed by atoms with Crippen LogP contribution in [-0.2, 0) is 0 Å². The van der Waals surface area contributed by atoms with E-state index in [0.29, 0.717) is 5.56 Å². The van der Waals surface area contributed by atoms with E-state index in [9.17, 15) is 9.90 Å². The Morgan fingerprint density at radius 3 is 2.89 bits per heavy atom. The molecule has 1 aromatic carbocycles. The van der Waals surface area contributed by atoms with E-state index >= 15 is 0 Å². The maximum Gasteiger partial charge on any atom is 0.253 e. The van der Waals surface area contributed by atoms with Crippen molar-refractivity contribution in [2.45, 2.75) is 19.4 Å². The van der Waals surface area contributed by atoms with Gasteiger partial charge in [0.25, 0.3) is 5.91 Å². The number of carbonyl (C=O) groups is 1. The molecule has 2 aromatic rings. The maximum atomic E-state index is 12.2. The molecule has 18 heavy (non-hydrogen) atoms. The van der Waals surface area contributed by atoms with Gasteiger partial charge < -0.3 is 15.4 Å². The number of H-pyrrole nitrogens is 1. The molecule has 0 spiro atoms. The molecule has 96 valence electrons. The number of halogens is 1. The molecule has 5 heteroatoms. The molecular formula is C13H15BrN2O2. The van der Waals surface area contributed by atoms with Gasteiger partial charge in [0.1, 0.15) is 0 Å². The van der Waals surface area contributed by atoms with E-state index in [1.165, 1.54) is 0 Å². The van der Waals surface area contributed by atoms with Crippen LogP contribution in [0.25, 0.3) is 10.9 Å². The average molecular weight is 311 g/mol. The van der Waals surface area contributed by atoms with Gasteiger partial charge in [0.05, 0.1) is 17.7 Å².